The van der Waals surface area contributed by atoms with Gasteiger partial charge in [0.2, 0.25) is 11.7 Å². The summed E-state index contributed by atoms with van der Waals surface area (Å²) in [7, 11) is 0. The van der Waals surface area contributed by atoms with E-state index in [4.69, 9.17) is 4.74 Å². The number of amides is 1. The number of tetrazole rings is 1. The average molecular weight is 548 g/mol. The first-order valence-corrected chi connectivity index (χ1v) is 14.4. The van der Waals surface area contributed by atoms with Crippen LogP contribution in [-0.2, 0) is 13.1 Å². The third kappa shape index (κ3) is 5.09. The molecule has 1 amide bonds. The van der Waals surface area contributed by atoms with Crippen LogP contribution in [0.1, 0.15) is 35.2 Å². The van der Waals surface area contributed by atoms with Gasteiger partial charge in [0.1, 0.15) is 5.56 Å². The van der Waals surface area contributed by atoms with Gasteiger partial charge in [0.15, 0.2) is 0 Å². The molecule has 41 heavy (non-hydrogen) atoms. The van der Waals surface area contributed by atoms with Crippen molar-refractivity contribution in [3.05, 3.63) is 83.9 Å². The predicted octanol–water partition coefficient (Wildman–Crippen LogP) is 4.91. The summed E-state index contributed by atoms with van der Waals surface area (Å²) in [6.07, 6.45) is 3.11. The quantitative estimate of drug-likeness (QED) is 0.300. The first-order valence-electron chi connectivity index (χ1n) is 14.4. The summed E-state index contributed by atoms with van der Waals surface area (Å²) < 4.78 is 8.11. The zero-order valence-electron chi connectivity index (χ0n) is 22.9. The Bertz CT molecular complexity index is 1650. The molecule has 0 atom stereocenters. The van der Waals surface area contributed by atoms with Crippen LogP contribution in [0.15, 0.2) is 72.8 Å². The number of hydrogen-bond donors (Lipinski definition) is 2. The standard InChI is InChI=1S/C32H33N7O2/c40-31(29-27-8-3-4-9-28(27)39-16-5-19-41-32(29)39)33-20-22-14-17-38(18-15-22)21-23-10-12-24(13-11-23)25-6-1-2-7-26(25)30-34-36-37-35-30/h1-4,6-13,22H,5,14-21H2,(H,33,40)(H,34,35,36,37). The van der Waals surface area contributed by atoms with Gasteiger partial charge in [-0.3, -0.25) is 9.69 Å². The Hall–Kier alpha value is -4.50. The molecule has 208 valence electrons. The van der Waals surface area contributed by atoms with Gasteiger partial charge in [-0.05, 0) is 66.2 Å². The van der Waals surface area contributed by atoms with Gasteiger partial charge in [-0.1, -0.05) is 66.7 Å². The molecule has 9 nitrogen and oxygen atoms in total. The van der Waals surface area contributed by atoms with E-state index in [0.717, 1.165) is 73.0 Å². The van der Waals surface area contributed by atoms with Crippen LogP contribution in [0, 0.1) is 5.92 Å². The number of aryl methyl sites for hydroxylation is 1. The maximum Gasteiger partial charge on any atom is 0.257 e. The molecule has 2 aliphatic heterocycles. The van der Waals surface area contributed by atoms with Gasteiger partial charge in [-0.25, -0.2) is 0 Å². The third-order valence-electron chi connectivity index (χ3n) is 8.36. The summed E-state index contributed by atoms with van der Waals surface area (Å²) in [6, 6.07) is 25.0. The Morgan fingerprint density at radius 1 is 0.951 bits per heavy atom. The van der Waals surface area contributed by atoms with Gasteiger partial charge < -0.3 is 14.6 Å². The van der Waals surface area contributed by atoms with Crippen LogP contribution in [0.5, 0.6) is 5.88 Å². The van der Waals surface area contributed by atoms with E-state index in [-0.39, 0.29) is 5.91 Å². The topological polar surface area (TPSA) is 101 Å². The van der Waals surface area contributed by atoms with Crippen molar-refractivity contribution in [1.82, 2.24) is 35.4 Å². The molecule has 7 rings (SSSR count). The number of aromatic nitrogens is 5. The summed E-state index contributed by atoms with van der Waals surface area (Å²) in [6.45, 7) is 5.21. The maximum absolute atomic E-state index is 13.3. The third-order valence-corrected chi connectivity index (χ3v) is 8.36. The Morgan fingerprint density at radius 2 is 1.73 bits per heavy atom. The highest BCUT2D eigenvalue weighted by atomic mass is 16.5. The molecule has 0 bridgehead atoms. The molecule has 3 aromatic carbocycles. The molecular weight excluding hydrogens is 514 g/mol. The van der Waals surface area contributed by atoms with E-state index < -0.39 is 0 Å². The molecule has 9 heteroatoms. The first kappa shape index (κ1) is 25.5. The van der Waals surface area contributed by atoms with Gasteiger partial charge in [-0.15, -0.1) is 10.2 Å². The number of H-pyrrole nitrogens is 1. The number of ether oxygens (including phenoxy) is 1. The fourth-order valence-electron chi connectivity index (χ4n) is 6.19. The highest BCUT2D eigenvalue weighted by Crippen LogP contribution is 2.35. The van der Waals surface area contributed by atoms with Gasteiger partial charge in [0.05, 0.1) is 12.1 Å². The fraction of sp³-hybridized carbons (Fsp3) is 0.312. The van der Waals surface area contributed by atoms with E-state index >= 15 is 0 Å². The van der Waals surface area contributed by atoms with Crippen molar-refractivity contribution >= 4 is 16.8 Å². The van der Waals surface area contributed by atoms with Crippen LogP contribution in [-0.4, -0.2) is 62.2 Å². The van der Waals surface area contributed by atoms with Crippen molar-refractivity contribution in [2.45, 2.75) is 32.4 Å². The SMILES string of the molecule is O=C(NCC1CCN(Cc2ccc(-c3ccccc3-c3nn[nH]n3)cc2)CC1)c1c2n(c3ccccc13)CCCO2. The number of carbonyl (C=O) groups is 1. The second kappa shape index (κ2) is 11.2. The van der Waals surface area contributed by atoms with Crippen LogP contribution in [0.3, 0.4) is 0 Å². The Balaban J connectivity index is 0.943. The lowest BCUT2D eigenvalue weighted by atomic mass is 9.95. The fourth-order valence-corrected chi connectivity index (χ4v) is 6.19. The molecule has 4 heterocycles. The normalized spacial score (nSPS) is 15.9. The van der Waals surface area contributed by atoms with Crippen molar-refractivity contribution in [2.24, 2.45) is 5.92 Å². The van der Waals surface area contributed by atoms with Gasteiger partial charge in [0.25, 0.3) is 5.91 Å². The molecule has 0 spiro atoms. The number of likely N-dealkylation sites (tertiary alicyclic amines) is 1. The number of carbonyl (C=O) groups excluding carboxylic acids is 1. The summed E-state index contributed by atoms with van der Waals surface area (Å²) in [5.74, 6) is 1.76. The van der Waals surface area contributed by atoms with Crippen LogP contribution < -0.4 is 10.1 Å². The highest BCUT2D eigenvalue weighted by Gasteiger charge is 2.27. The minimum atomic E-state index is -0.0275. The van der Waals surface area contributed by atoms with Crippen LogP contribution in [0.25, 0.3) is 33.4 Å². The molecule has 2 aromatic heterocycles. The van der Waals surface area contributed by atoms with E-state index in [1.165, 1.54) is 5.56 Å². The molecule has 0 radical (unpaired) electrons. The van der Waals surface area contributed by atoms with Crippen LogP contribution >= 0.6 is 0 Å². The van der Waals surface area contributed by atoms with E-state index in [1.807, 2.05) is 36.4 Å². The predicted molar refractivity (Wildman–Crippen MR) is 157 cm³/mol. The van der Waals surface area contributed by atoms with Crippen molar-refractivity contribution in [3.63, 3.8) is 0 Å². The summed E-state index contributed by atoms with van der Waals surface area (Å²) >= 11 is 0. The zero-order valence-corrected chi connectivity index (χ0v) is 22.9. The Labute approximate surface area is 238 Å². The molecule has 0 saturated carbocycles. The first-order chi connectivity index (χ1) is 20.2. The average Bonchev–Trinajstić information content (AvgIpc) is 3.68. The molecule has 1 fully saturated rings. The molecule has 5 aromatic rings. The second-order valence-electron chi connectivity index (χ2n) is 11.0. The minimum Gasteiger partial charge on any atom is -0.478 e. The number of hydrogen-bond acceptors (Lipinski definition) is 6. The molecular formula is C32H33N7O2. The van der Waals surface area contributed by atoms with Crippen molar-refractivity contribution in [3.8, 4) is 28.4 Å². The maximum atomic E-state index is 13.3. The van der Waals surface area contributed by atoms with Crippen LogP contribution in [0.4, 0.5) is 0 Å². The van der Waals surface area contributed by atoms with Gasteiger partial charge in [-0.2, -0.15) is 5.21 Å². The van der Waals surface area contributed by atoms with Crippen molar-refractivity contribution < 1.29 is 9.53 Å². The molecule has 0 aliphatic carbocycles. The molecule has 0 unspecified atom stereocenters. The van der Waals surface area contributed by atoms with Crippen LogP contribution in [0.2, 0.25) is 0 Å². The zero-order chi connectivity index (χ0) is 27.6. The van der Waals surface area contributed by atoms with E-state index in [2.05, 4.69) is 71.8 Å². The minimum absolute atomic E-state index is 0.0275. The number of nitrogens with one attached hydrogen (secondary N) is 2. The number of rotatable bonds is 7. The Kier molecular flexibility index (Phi) is 6.94. The molecule has 2 aliphatic rings. The van der Waals surface area contributed by atoms with Crippen molar-refractivity contribution in [2.75, 3.05) is 26.2 Å². The number of nitrogens with zero attached hydrogens (tertiary/aromatic N) is 5. The molecule has 2 N–H and O–H groups in total. The summed E-state index contributed by atoms with van der Waals surface area (Å²) in [5.41, 5.74) is 6.23. The number of para-hydroxylation sites is 1. The second-order valence-corrected chi connectivity index (χ2v) is 11.0. The lowest BCUT2D eigenvalue weighted by Crippen LogP contribution is -2.38. The van der Waals surface area contributed by atoms with Gasteiger partial charge in [0, 0.05) is 30.6 Å². The smallest absolute Gasteiger partial charge is 0.257 e. The number of fused-ring (bicyclic) bond motifs is 3. The van der Waals surface area contributed by atoms with E-state index in [1.54, 1.807) is 0 Å². The number of benzene rings is 3. The van der Waals surface area contributed by atoms with Crippen molar-refractivity contribution in [1.29, 1.82) is 0 Å². The highest BCUT2D eigenvalue weighted by molar-refractivity contribution is 6.09. The number of aromatic amines is 1. The summed E-state index contributed by atoms with van der Waals surface area (Å²) in [4.78, 5) is 15.8. The van der Waals surface area contributed by atoms with Gasteiger partial charge >= 0.3 is 0 Å². The Morgan fingerprint density at radius 3 is 2.54 bits per heavy atom. The number of piperidine rings is 1. The molecule has 1 saturated heterocycles. The monoisotopic (exact) mass is 547 g/mol. The lowest BCUT2D eigenvalue weighted by Gasteiger charge is -2.32. The summed E-state index contributed by atoms with van der Waals surface area (Å²) in [5, 5.41) is 18.8. The van der Waals surface area contributed by atoms with E-state index in [0.29, 0.717) is 36.3 Å². The van der Waals surface area contributed by atoms with E-state index in [9.17, 15) is 4.79 Å². The lowest BCUT2D eigenvalue weighted by molar-refractivity contribution is 0.0930. The largest absolute Gasteiger partial charge is 0.478 e.